The van der Waals surface area contributed by atoms with Crippen molar-refractivity contribution in [3.63, 3.8) is 0 Å². The van der Waals surface area contributed by atoms with Gasteiger partial charge in [0.25, 0.3) is 0 Å². The predicted molar refractivity (Wildman–Crippen MR) is 84.5 cm³/mol. The van der Waals surface area contributed by atoms with Crippen LogP contribution in [-0.2, 0) is 11.3 Å². The summed E-state index contributed by atoms with van der Waals surface area (Å²) in [5, 5.41) is 6.29. The third kappa shape index (κ3) is 3.68. The van der Waals surface area contributed by atoms with Crippen LogP contribution < -0.4 is 10.6 Å². The van der Waals surface area contributed by atoms with E-state index in [2.05, 4.69) is 36.5 Å². The molecule has 0 aliphatic rings. The summed E-state index contributed by atoms with van der Waals surface area (Å²) in [6.07, 6.45) is 0. The molecule has 0 bridgehead atoms. The van der Waals surface area contributed by atoms with Gasteiger partial charge in [0.05, 0.1) is 0 Å². The third-order valence-corrected chi connectivity index (χ3v) is 3.60. The van der Waals surface area contributed by atoms with Crippen LogP contribution >= 0.6 is 15.9 Å². The second kappa shape index (κ2) is 6.67. The van der Waals surface area contributed by atoms with E-state index in [9.17, 15) is 0 Å². The summed E-state index contributed by atoms with van der Waals surface area (Å²) in [5.41, 5.74) is 2.15. The number of rotatable bonds is 5. The van der Waals surface area contributed by atoms with Crippen LogP contribution in [0.4, 0.5) is 17.3 Å². The molecule has 0 aliphatic heterocycles. The van der Waals surface area contributed by atoms with Crippen molar-refractivity contribution in [1.29, 1.82) is 0 Å². The van der Waals surface area contributed by atoms with Gasteiger partial charge in [0, 0.05) is 30.4 Å². The lowest BCUT2D eigenvalue weighted by Gasteiger charge is -2.10. The van der Waals surface area contributed by atoms with Crippen molar-refractivity contribution in [3.05, 3.63) is 40.1 Å². The Hall–Kier alpha value is -1.66. The van der Waals surface area contributed by atoms with Gasteiger partial charge < -0.3 is 15.4 Å². The van der Waals surface area contributed by atoms with Crippen LogP contribution in [0.3, 0.4) is 0 Å². The summed E-state index contributed by atoms with van der Waals surface area (Å²) in [5.74, 6) is 2.11. The van der Waals surface area contributed by atoms with Gasteiger partial charge in [-0.15, -0.1) is 0 Å². The summed E-state index contributed by atoms with van der Waals surface area (Å²) < 4.78 is 6.14. The Bertz CT molecular complexity index is 604. The van der Waals surface area contributed by atoms with Crippen LogP contribution in [0.1, 0.15) is 11.4 Å². The number of aromatic nitrogens is 2. The standard InChI is InChI=1S/C14H17BrN4O/c1-9-4-5-10(6-11(9)15)17-13-7-12(16-2)18-14(19-13)8-20-3/h4-7H,8H2,1-3H3,(H2,16,17,18,19). The van der Waals surface area contributed by atoms with Gasteiger partial charge in [-0.1, -0.05) is 22.0 Å². The highest BCUT2D eigenvalue weighted by Gasteiger charge is 2.05. The average Bonchev–Trinajstić information content (AvgIpc) is 2.43. The molecule has 2 aromatic rings. The second-order valence-electron chi connectivity index (χ2n) is 4.33. The smallest absolute Gasteiger partial charge is 0.158 e. The maximum atomic E-state index is 5.08. The van der Waals surface area contributed by atoms with E-state index >= 15 is 0 Å². The molecule has 0 spiro atoms. The molecule has 6 heteroatoms. The fourth-order valence-corrected chi connectivity index (χ4v) is 2.08. The Morgan fingerprint density at radius 3 is 2.60 bits per heavy atom. The molecule has 1 aromatic heterocycles. The van der Waals surface area contributed by atoms with Crippen molar-refractivity contribution in [2.45, 2.75) is 13.5 Å². The lowest BCUT2D eigenvalue weighted by atomic mass is 10.2. The van der Waals surface area contributed by atoms with Crippen molar-refractivity contribution in [2.75, 3.05) is 24.8 Å². The highest BCUT2D eigenvalue weighted by Crippen LogP contribution is 2.23. The van der Waals surface area contributed by atoms with E-state index in [-0.39, 0.29) is 0 Å². The first-order chi connectivity index (χ1) is 9.62. The number of ether oxygens (including phenoxy) is 1. The van der Waals surface area contributed by atoms with Gasteiger partial charge in [-0.2, -0.15) is 0 Å². The molecule has 0 saturated heterocycles. The zero-order chi connectivity index (χ0) is 14.5. The first-order valence-corrected chi connectivity index (χ1v) is 6.99. The minimum Gasteiger partial charge on any atom is -0.377 e. The Morgan fingerprint density at radius 2 is 1.95 bits per heavy atom. The lowest BCUT2D eigenvalue weighted by Crippen LogP contribution is -2.04. The van der Waals surface area contributed by atoms with E-state index in [1.807, 2.05) is 38.2 Å². The normalized spacial score (nSPS) is 10.4. The molecule has 1 aromatic carbocycles. The van der Waals surface area contributed by atoms with Crippen molar-refractivity contribution in [2.24, 2.45) is 0 Å². The molecule has 0 aliphatic carbocycles. The van der Waals surface area contributed by atoms with E-state index in [1.165, 1.54) is 5.56 Å². The first-order valence-electron chi connectivity index (χ1n) is 6.20. The molecule has 0 radical (unpaired) electrons. The zero-order valence-electron chi connectivity index (χ0n) is 11.7. The van der Waals surface area contributed by atoms with Crippen LogP contribution in [0, 0.1) is 6.92 Å². The minimum absolute atomic E-state index is 0.377. The molecule has 0 fully saturated rings. The highest BCUT2D eigenvalue weighted by atomic mass is 79.9. The van der Waals surface area contributed by atoms with Gasteiger partial charge in [-0.3, -0.25) is 0 Å². The van der Waals surface area contributed by atoms with Crippen LogP contribution in [0.15, 0.2) is 28.7 Å². The molecule has 20 heavy (non-hydrogen) atoms. The summed E-state index contributed by atoms with van der Waals surface area (Å²) in [6.45, 7) is 2.43. The monoisotopic (exact) mass is 336 g/mol. The number of hydrogen-bond acceptors (Lipinski definition) is 5. The van der Waals surface area contributed by atoms with Gasteiger partial charge in [0.15, 0.2) is 5.82 Å². The topological polar surface area (TPSA) is 59.1 Å². The van der Waals surface area contributed by atoms with Gasteiger partial charge in [0.1, 0.15) is 18.2 Å². The summed E-state index contributed by atoms with van der Waals surface area (Å²) >= 11 is 3.52. The van der Waals surface area contributed by atoms with E-state index in [0.717, 1.165) is 21.8 Å². The molecular weight excluding hydrogens is 320 g/mol. The number of anilines is 3. The lowest BCUT2D eigenvalue weighted by molar-refractivity contribution is 0.178. The van der Waals surface area contributed by atoms with Crippen molar-refractivity contribution >= 4 is 33.3 Å². The quantitative estimate of drug-likeness (QED) is 0.875. The fraction of sp³-hybridized carbons (Fsp3) is 0.286. The first kappa shape index (κ1) is 14.7. The van der Waals surface area contributed by atoms with E-state index in [4.69, 9.17) is 4.74 Å². The highest BCUT2D eigenvalue weighted by molar-refractivity contribution is 9.10. The van der Waals surface area contributed by atoms with Crippen molar-refractivity contribution in [1.82, 2.24) is 9.97 Å². The number of benzene rings is 1. The number of hydrogen-bond donors (Lipinski definition) is 2. The number of halogens is 1. The second-order valence-corrected chi connectivity index (χ2v) is 5.18. The number of aryl methyl sites for hydroxylation is 1. The zero-order valence-corrected chi connectivity index (χ0v) is 13.3. The molecule has 0 saturated carbocycles. The fourth-order valence-electron chi connectivity index (χ4n) is 1.70. The molecule has 2 N–H and O–H groups in total. The van der Waals surface area contributed by atoms with Crippen LogP contribution in [0.25, 0.3) is 0 Å². The Kier molecular flexibility index (Phi) is 4.92. The van der Waals surface area contributed by atoms with Crippen LogP contribution in [0.5, 0.6) is 0 Å². The van der Waals surface area contributed by atoms with E-state index in [0.29, 0.717) is 12.4 Å². The van der Waals surface area contributed by atoms with Gasteiger partial charge >= 0.3 is 0 Å². The van der Waals surface area contributed by atoms with Gasteiger partial charge in [-0.05, 0) is 24.6 Å². The van der Waals surface area contributed by atoms with Crippen molar-refractivity contribution < 1.29 is 4.74 Å². The molecular formula is C14H17BrN4O. The number of nitrogens with zero attached hydrogens (tertiary/aromatic N) is 2. The van der Waals surface area contributed by atoms with Gasteiger partial charge in [0.2, 0.25) is 0 Å². The molecule has 2 rings (SSSR count). The largest absolute Gasteiger partial charge is 0.377 e. The van der Waals surface area contributed by atoms with E-state index < -0.39 is 0 Å². The Balaban J connectivity index is 2.27. The molecule has 0 unspecified atom stereocenters. The summed E-state index contributed by atoms with van der Waals surface area (Å²) in [4.78, 5) is 8.73. The van der Waals surface area contributed by atoms with E-state index in [1.54, 1.807) is 7.11 Å². The SMILES string of the molecule is CNc1cc(Nc2ccc(C)c(Br)c2)nc(COC)n1. The third-order valence-electron chi connectivity index (χ3n) is 2.75. The minimum atomic E-state index is 0.377. The number of methoxy groups -OCH3 is 1. The average molecular weight is 337 g/mol. The Morgan fingerprint density at radius 1 is 1.20 bits per heavy atom. The molecule has 0 amide bonds. The molecule has 1 heterocycles. The summed E-state index contributed by atoms with van der Waals surface area (Å²) in [7, 11) is 3.45. The van der Waals surface area contributed by atoms with Crippen LogP contribution in [-0.4, -0.2) is 24.1 Å². The molecule has 106 valence electrons. The maximum Gasteiger partial charge on any atom is 0.158 e. The maximum absolute atomic E-state index is 5.08. The molecule has 5 nitrogen and oxygen atoms in total. The van der Waals surface area contributed by atoms with Crippen LogP contribution in [0.2, 0.25) is 0 Å². The summed E-state index contributed by atoms with van der Waals surface area (Å²) in [6, 6.07) is 7.93. The van der Waals surface area contributed by atoms with Crippen molar-refractivity contribution in [3.8, 4) is 0 Å². The molecule has 0 atom stereocenters. The predicted octanol–water partition coefficient (Wildman–Crippen LogP) is 3.48. The number of nitrogens with one attached hydrogen (secondary N) is 2. The van der Waals surface area contributed by atoms with Gasteiger partial charge in [-0.25, -0.2) is 9.97 Å². The Labute approximate surface area is 126 Å².